The summed E-state index contributed by atoms with van der Waals surface area (Å²) in [6.45, 7) is 2.14. The Balaban J connectivity index is 0.997. The molecular formula is C49H38N2. The van der Waals surface area contributed by atoms with Crippen molar-refractivity contribution in [3.63, 3.8) is 0 Å². The van der Waals surface area contributed by atoms with Gasteiger partial charge in [0.15, 0.2) is 0 Å². The van der Waals surface area contributed by atoms with Crippen LogP contribution in [-0.4, -0.2) is 0 Å². The Morgan fingerprint density at radius 1 is 0.314 bits per heavy atom. The van der Waals surface area contributed by atoms with E-state index in [1.807, 2.05) is 0 Å². The Morgan fingerprint density at radius 2 is 0.725 bits per heavy atom. The van der Waals surface area contributed by atoms with E-state index in [0.717, 1.165) is 45.3 Å². The monoisotopic (exact) mass is 654 g/mol. The van der Waals surface area contributed by atoms with Crippen molar-refractivity contribution in [1.82, 2.24) is 0 Å². The maximum absolute atomic E-state index is 2.33. The van der Waals surface area contributed by atoms with E-state index >= 15 is 0 Å². The van der Waals surface area contributed by atoms with Gasteiger partial charge in [-0.2, -0.15) is 0 Å². The van der Waals surface area contributed by atoms with Crippen LogP contribution in [0.3, 0.4) is 0 Å². The van der Waals surface area contributed by atoms with E-state index in [1.165, 1.54) is 27.5 Å². The van der Waals surface area contributed by atoms with Crippen molar-refractivity contribution in [2.75, 3.05) is 9.80 Å². The Labute approximate surface area is 300 Å². The van der Waals surface area contributed by atoms with Gasteiger partial charge in [-0.05, 0) is 118 Å². The van der Waals surface area contributed by atoms with E-state index in [9.17, 15) is 0 Å². The van der Waals surface area contributed by atoms with Gasteiger partial charge < -0.3 is 9.80 Å². The van der Waals surface area contributed by atoms with Crippen molar-refractivity contribution in [3.8, 4) is 11.1 Å². The zero-order chi connectivity index (χ0) is 34.4. The molecule has 244 valence electrons. The molecule has 0 aliphatic carbocycles. The molecule has 0 aromatic heterocycles. The molecule has 0 heterocycles. The van der Waals surface area contributed by atoms with Crippen LogP contribution in [0.15, 0.2) is 200 Å². The maximum Gasteiger partial charge on any atom is 0.0468 e. The molecule has 2 nitrogen and oxygen atoms in total. The fourth-order valence-electron chi connectivity index (χ4n) is 6.65. The van der Waals surface area contributed by atoms with Gasteiger partial charge in [0.1, 0.15) is 0 Å². The summed E-state index contributed by atoms with van der Waals surface area (Å²) in [5, 5.41) is 2.47. The first kappa shape index (κ1) is 31.6. The number of rotatable bonds is 9. The van der Waals surface area contributed by atoms with Crippen molar-refractivity contribution >= 4 is 57.0 Å². The summed E-state index contributed by atoms with van der Waals surface area (Å²) >= 11 is 0. The fourth-order valence-corrected chi connectivity index (χ4v) is 6.65. The summed E-state index contributed by atoms with van der Waals surface area (Å²) in [6.07, 6.45) is 4.36. The van der Waals surface area contributed by atoms with Gasteiger partial charge in [0, 0.05) is 34.1 Å². The van der Waals surface area contributed by atoms with Gasteiger partial charge in [0.05, 0.1) is 0 Å². The second-order valence-electron chi connectivity index (χ2n) is 12.8. The van der Waals surface area contributed by atoms with E-state index in [2.05, 4.69) is 229 Å². The third-order valence-corrected chi connectivity index (χ3v) is 9.27. The molecular weight excluding hydrogens is 617 g/mol. The van der Waals surface area contributed by atoms with Gasteiger partial charge in [-0.15, -0.1) is 0 Å². The average Bonchev–Trinajstić information content (AvgIpc) is 3.19. The standard InChI is InChI=1S/C49H38N2/c1-37-11-10-18-48(35-37)51(49-34-29-40-12-8-9-13-43(40)36-49)46-30-23-39(24-31-46)20-19-38-21-25-41(26-22-38)42-27-32-47(33-28-42)50(44-14-4-2-5-15-44)45-16-6-3-7-17-45/h2-36H,1H3. The first-order valence-electron chi connectivity index (χ1n) is 17.4. The van der Waals surface area contributed by atoms with Crippen LogP contribution in [0.5, 0.6) is 0 Å². The van der Waals surface area contributed by atoms with Gasteiger partial charge in [-0.3, -0.25) is 0 Å². The smallest absolute Gasteiger partial charge is 0.0468 e. The molecule has 0 unspecified atom stereocenters. The van der Waals surface area contributed by atoms with Crippen LogP contribution >= 0.6 is 0 Å². The molecule has 0 radical (unpaired) electrons. The SMILES string of the molecule is Cc1cccc(N(c2ccc(C=Cc3ccc(-c4ccc(N(c5ccccc5)c5ccccc5)cc4)cc3)cc2)c2ccc3ccccc3c2)c1. The quantitative estimate of drug-likeness (QED) is 0.143. The number of aryl methyl sites for hydroxylation is 1. The third-order valence-electron chi connectivity index (χ3n) is 9.27. The highest BCUT2D eigenvalue weighted by Crippen LogP contribution is 2.37. The Kier molecular flexibility index (Phi) is 8.96. The second kappa shape index (κ2) is 14.5. The first-order valence-corrected chi connectivity index (χ1v) is 17.4. The van der Waals surface area contributed by atoms with Gasteiger partial charge in [-0.1, -0.05) is 140 Å². The molecule has 0 amide bonds. The molecule has 0 spiro atoms. The highest BCUT2D eigenvalue weighted by molar-refractivity contribution is 5.89. The molecule has 0 bridgehead atoms. The van der Waals surface area contributed by atoms with Crippen molar-refractivity contribution in [3.05, 3.63) is 217 Å². The van der Waals surface area contributed by atoms with Gasteiger partial charge in [0.2, 0.25) is 0 Å². The van der Waals surface area contributed by atoms with Crippen LogP contribution in [-0.2, 0) is 0 Å². The van der Waals surface area contributed by atoms with E-state index in [-0.39, 0.29) is 0 Å². The number of hydrogen-bond acceptors (Lipinski definition) is 2. The largest absolute Gasteiger partial charge is 0.311 e. The highest BCUT2D eigenvalue weighted by atomic mass is 15.1. The summed E-state index contributed by atoms with van der Waals surface area (Å²) in [5.74, 6) is 0. The third kappa shape index (κ3) is 7.08. The predicted molar refractivity (Wildman–Crippen MR) is 219 cm³/mol. The van der Waals surface area contributed by atoms with E-state index < -0.39 is 0 Å². The molecule has 0 saturated carbocycles. The summed E-state index contributed by atoms with van der Waals surface area (Å²) < 4.78 is 0. The van der Waals surface area contributed by atoms with Crippen molar-refractivity contribution in [2.24, 2.45) is 0 Å². The van der Waals surface area contributed by atoms with E-state index in [0.29, 0.717) is 0 Å². The fraction of sp³-hybridized carbons (Fsp3) is 0.0204. The van der Waals surface area contributed by atoms with Crippen LogP contribution in [0.4, 0.5) is 34.1 Å². The molecule has 8 aromatic carbocycles. The Hall–Kier alpha value is -6.64. The normalized spacial score (nSPS) is 11.2. The number of para-hydroxylation sites is 2. The molecule has 0 aliphatic heterocycles. The number of fused-ring (bicyclic) bond motifs is 1. The van der Waals surface area contributed by atoms with Crippen molar-refractivity contribution in [2.45, 2.75) is 6.92 Å². The maximum atomic E-state index is 2.33. The number of hydrogen-bond donors (Lipinski definition) is 0. The van der Waals surface area contributed by atoms with Crippen LogP contribution < -0.4 is 9.80 Å². The van der Waals surface area contributed by atoms with Crippen LogP contribution in [0.1, 0.15) is 16.7 Å². The van der Waals surface area contributed by atoms with Crippen LogP contribution in [0.25, 0.3) is 34.1 Å². The zero-order valence-corrected chi connectivity index (χ0v) is 28.6. The lowest BCUT2D eigenvalue weighted by Crippen LogP contribution is -2.10. The van der Waals surface area contributed by atoms with Crippen LogP contribution in [0, 0.1) is 6.92 Å². The minimum atomic E-state index is 1.12. The topological polar surface area (TPSA) is 6.48 Å². The summed E-state index contributed by atoms with van der Waals surface area (Å²) in [4.78, 5) is 4.62. The van der Waals surface area contributed by atoms with Crippen molar-refractivity contribution in [1.29, 1.82) is 0 Å². The lowest BCUT2D eigenvalue weighted by molar-refractivity contribution is 1.27. The number of anilines is 6. The van der Waals surface area contributed by atoms with Crippen molar-refractivity contribution < 1.29 is 0 Å². The first-order chi connectivity index (χ1) is 25.2. The number of benzene rings is 8. The van der Waals surface area contributed by atoms with Gasteiger partial charge in [0.25, 0.3) is 0 Å². The molecule has 0 saturated heterocycles. The second-order valence-corrected chi connectivity index (χ2v) is 12.8. The Morgan fingerprint density at radius 3 is 1.31 bits per heavy atom. The molecule has 8 aromatic rings. The molecule has 8 rings (SSSR count). The molecule has 0 fully saturated rings. The summed E-state index contributed by atoms with van der Waals surface area (Å²) in [5.41, 5.74) is 12.7. The molecule has 0 N–H and O–H groups in total. The number of nitrogens with zero attached hydrogens (tertiary/aromatic N) is 2. The minimum absolute atomic E-state index is 1.12. The summed E-state index contributed by atoms with van der Waals surface area (Å²) in [7, 11) is 0. The molecule has 0 aliphatic rings. The molecule has 0 atom stereocenters. The van der Waals surface area contributed by atoms with E-state index in [1.54, 1.807) is 0 Å². The average molecular weight is 655 g/mol. The Bertz CT molecular complexity index is 2350. The summed E-state index contributed by atoms with van der Waals surface area (Å²) in [6, 6.07) is 71.3. The van der Waals surface area contributed by atoms with E-state index in [4.69, 9.17) is 0 Å². The lowest BCUT2D eigenvalue weighted by atomic mass is 10.0. The predicted octanol–water partition coefficient (Wildman–Crippen LogP) is 13.9. The van der Waals surface area contributed by atoms with Crippen LogP contribution in [0.2, 0.25) is 0 Å². The van der Waals surface area contributed by atoms with Gasteiger partial charge >= 0.3 is 0 Å². The molecule has 51 heavy (non-hydrogen) atoms. The zero-order valence-electron chi connectivity index (χ0n) is 28.6. The highest BCUT2D eigenvalue weighted by Gasteiger charge is 2.14. The lowest BCUT2D eigenvalue weighted by Gasteiger charge is -2.26. The minimum Gasteiger partial charge on any atom is -0.311 e. The molecule has 2 heteroatoms. The van der Waals surface area contributed by atoms with Gasteiger partial charge in [-0.25, -0.2) is 0 Å².